The summed E-state index contributed by atoms with van der Waals surface area (Å²) in [5.41, 5.74) is 1.32. The van der Waals surface area contributed by atoms with Crippen LogP contribution in [0.25, 0.3) is 0 Å². The summed E-state index contributed by atoms with van der Waals surface area (Å²) < 4.78 is 0. The zero-order valence-electron chi connectivity index (χ0n) is 14.2. The highest BCUT2D eigenvalue weighted by Crippen LogP contribution is 2.27. The van der Waals surface area contributed by atoms with Crippen LogP contribution in [0.2, 0.25) is 0 Å². The molecule has 1 amide bonds. The van der Waals surface area contributed by atoms with Crippen molar-refractivity contribution in [3.05, 3.63) is 56.0 Å². The summed E-state index contributed by atoms with van der Waals surface area (Å²) in [5, 5.41) is 16.7. The Morgan fingerprint density at radius 3 is 2.62 bits per heavy atom. The van der Waals surface area contributed by atoms with Crippen molar-refractivity contribution in [1.82, 2.24) is 10.3 Å². The molecule has 1 unspecified atom stereocenters. The first-order valence-corrected chi connectivity index (χ1v) is 8.54. The van der Waals surface area contributed by atoms with Crippen molar-refractivity contribution in [2.45, 2.75) is 45.6 Å². The third-order valence-corrected chi connectivity index (χ3v) is 4.61. The average molecular weight is 347 g/mol. The Labute approximate surface area is 145 Å². The molecule has 0 bridgehead atoms. The summed E-state index contributed by atoms with van der Waals surface area (Å²) >= 11 is 1.51. The van der Waals surface area contributed by atoms with E-state index >= 15 is 0 Å². The SMILES string of the molecule is CC(NC(=O)Cc1ccccc1[N+](=O)[O-])c1nc(C(C)(C)C)cs1. The third kappa shape index (κ3) is 4.38. The second-order valence-corrected chi connectivity index (χ2v) is 7.56. The van der Waals surface area contributed by atoms with Crippen LogP contribution < -0.4 is 5.32 Å². The number of benzene rings is 1. The Bertz CT molecular complexity index is 750. The van der Waals surface area contributed by atoms with Gasteiger partial charge in [0.05, 0.1) is 23.1 Å². The molecule has 128 valence electrons. The maximum absolute atomic E-state index is 12.2. The first kappa shape index (κ1) is 18.1. The lowest BCUT2D eigenvalue weighted by Crippen LogP contribution is -2.28. The van der Waals surface area contributed by atoms with Crippen molar-refractivity contribution in [2.75, 3.05) is 0 Å². The maximum Gasteiger partial charge on any atom is 0.273 e. The van der Waals surface area contributed by atoms with E-state index in [9.17, 15) is 14.9 Å². The molecule has 1 N–H and O–H groups in total. The number of nitro benzene ring substituents is 1. The van der Waals surface area contributed by atoms with E-state index in [1.165, 1.54) is 17.4 Å². The molecule has 0 fully saturated rings. The zero-order chi connectivity index (χ0) is 17.9. The van der Waals surface area contributed by atoms with Gasteiger partial charge in [-0.05, 0) is 6.92 Å². The molecule has 1 aromatic carbocycles. The summed E-state index contributed by atoms with van der Waals surface area (Å²) in [6, 6.07) is 6.05. The number of hydrogen-bond acceptors (Lipinski definition) is 5. The number of nitrogens with zero attached hydrogens (tertiary/aromatic N) is 2. The van der Waals surface area contributed by atoms with Crippen LogP contribution in [0.15, 0.2) is 29.6 Å². The molecule has 1 atom stereocenters. The molecule has 1 aromatic heterocycles. The quantitative estimate of drug-likeness (QED) is 0.659. The van der Waals surface area contributed by atoms with E-state index in [4.69, 9.17) is 0 Å². The van der Waals surface area contributed by atoms with Crippen LogP contribution in [-0.2, 0) is 16.6 Å². The molecule has 1 heterocycles. The molecule has 7 heteroatoms. The summed E-state index contributed by atoms with van der Waals surface area (Å²) in [6.07, 6.45) is -0.0288. The number of aromatic nitrogens is 1. The van der Waals surface area contributed by atoms with Crippen molar-refractivity contribution in [3.8, 4) is 0 Å². The van der Waals surface area contributed by atoms with E-state index in [1.807, 2.05) is 12.3 Å². The van der Waals surface area contributed by atoms with Gasteiger partial charge >= 0.3 is 0 Å². The molecular weight excluding hydrogens is 326 g/mol. The second kappa shape index (κ2) is 7.09. The molecule has 0 aliphatic heterocycles. The molecule has 0 saturated carbocycles. The lowest BCUT2D eigenvalue weighted by molar-refractivity contribution is -0.385. The van der Waals surface area contributed by atoms with Crippen LogP contribution in [0.3, 0.4) is 0 Å². The zero-order valence-corrected chi connectivity index (χ0v) is 15.0. The van der Waals surface area contributed by atoms with Crippen LogP contribution in [0, 0.1) is 10.1 Å². The van der Waals surface area contributed by atoms with Gasteiger partial charge in [-0.15, -0.1) is 11.3 Å². The minimum atomic E-state index is -0.470. The number of para-hydroxylation sites is 1. The summed E-state index contributed by atoms with van der Waals surface area (Å²) in [5.74, 6) is -0.260. The van der Waals surface area contributed by atoms with Gasteiger partial charge in [0.25, 0.3) is 5.69 Å². The predicted molar refractivity (Wildman–Crippen MR) is 94.2 cm³/mol. The highest BCUT2D eigenvalue weighted by atomic mass is 32.1. The lowest BCUT2D eigenvalue weighted by atomic mass is 9.93. The molecular formula is C17H21N3O3S. The van der Waals surface area contributed by atoms with Crippen LogP contribution in [0.4, 0.5) is 5.69 Å². The van der Waals surface area contributed by atoms with Gasteiger partial charge in [-0.3, -0.25) is 14.9 Å². The van der Waals surface area contributed by atoms with Gasteiger partial charge in [0.15, 0.2) is 0 Å². The number of rotatable bonds is 5. The fraction of sp³-hybridized carbons (Fsp3) is 0.412. The van der Waals surface area contributed by atoms with Crippen molar-refractivity contribution in [3.63, 3.8) is 0 Å². The fourth-order valence-corrected chi connectivity index (χ4v) is 3.25. The van der Waals surface area contributed by atoms with Crippen LogP contribution in [0.1, 0.15) is 50.0 Å². The van der Waals surface area contributed by atoms with Gasteiger partial charge in [0, 0.05) is 22.4 Å². The maximum atomic E-state index is 12.2. The molecule has 6 nitrogen and oxygen atoms in total. The van der Waals surface area contributed by atoms with Gasteiger partial charge in [0.2, 0.25) is 5.91 Å². The fourth-order valence-electron chi connectivity index (χ4n) is 2.20. The van der Waals surface area contributed by atoms with Gasteiger partial charge in [-0.1, -0.05) is 39.0 Å². The molecule has 0 radical (unpaired) electrons. The smallest absolute Gasteiger partial charge is 0.273 e. The minimum Gasteiger partial charge on any atom is -0.347 e. The lowest BCUT2D eigenvalue weighted by Gasteiger charge is -2.15. The van der Waals surface area contributed by atoms with Crippen LogP contribution >= 0.6 is 11.3 Å². The first-order chi connectivity index (χ1) is 11.2. The Hall–Kier alpha value is -2.28. The second-order valence-electron chi connectivity index (χ2n) is 6.67. The molecule has 24 heavy (non-hydrogen) atoms. The highest BCUT2D eigenvalue weighted by Gasteiger charge is 2.21. The van der Waals surface area contributed by atoms with Crippen molar-refractivity contribution in [2.24, 2.45) is 0 Å². The average Bonchev–Trinajstić information content (AvgIpc) is 2.97. The van der Waals surface area contributed by atoms with Gasteiger partial charge in [0.1, 0.15) is 5.01 Å². The Balaban J connectivity index is 2.05. The summed E-state index contributed by atoms with van der Waals surface area (Å²) in [6.45, 7) is 8.12. The standard InChI is InChI=1S/C17H21N3O3S/c1-11(16-19-14(10-24-16)17(2,3)4)18-15(21)9-12-7-5-6-8-13(12)20(22)23/h5-8,10-11H,9H2,1-4H3,(H,18,21). The molecule has 0 spiro atoms. The van der Waals surface area contributed by atoms with E-state index in [-0.39, 0.29) is 29.5 Å². The van der Waals surface area contributed by atoms with E-state index < -0.39 is 4.92 Å². The van der Waals surface area contributed by atoms with Gasteiger partial charge in [-0.25, -0.2) is 4.98 Å². The van der Waals surface area contributed by atoms with E-state index in [1.54, 1.807) is 18.2 Å². The number of thiazole rings is 1. The van der Waals surface area contributed by atoms with E-state index in [0.29, 0.717) is 5.56 Å². The number of carbonyl (C=O) groups excluding carboxylic acids is 1. The Morgan fingerprint density at radius 2 is 2.04 bits per heavy atom. The third-order valence-electron chi connectivity index (χ3n) is 3.58. The number of nitro groups is 1. The predicted octanol–water partition coefficient (Wildman–Crippen LogP) is 3.77. The number of nitrogens with one attached hydrogen (secondary N) is 1. The van der Waals surface area contributed by atoms with Crippen molar-refractivity contribution in [1.29, 1.82) is 0 Å². The summed E-state index contributed by atoms with van der Waals surface area (Å²) in [7, 11) is 0. The van der Waals surface area contributed by atoms with Crippen molar-refractivity contribution < 1.29 is 9.72 Å². The normalized spacial score (nSPS) is 12.7. The van der Waals surface area contributed by atoms with E-state index in [2.05, 4.69) is 31.1 Å². The first-order valence-electron chi connectivity index (χ1n) is 7.66. The topological polar surface area (TPSA) is 85.1 Å². The number of amides is 1. The molecule has 0 aliphatic rings. The van der Waals surface area contributed by atoms with Crippen LogP contribution in [0.5, 0.6) is 0 Å². The molecule has 2 aromatic rings. The molecule has 0 saturated heterocycles. The Kier molecular flexibility index (Phi) is 5.33. The molecule has 2 rings (SSSR count). The summed E-state index contributed by atoms with van der Waals surface area (Å²) in [4.78, 5) is 27.3. The monoisotopic (exact) mass is 347 g/mol. The largest absolute Gasteiger partial charge is 0.347 e. The van der Waals surface area contributed by atoms with Crippen LogP contribution in [-0.4, -0.2) is 15.8 Å². The minimum absolute atomic E-state index is 0.0288. The van der Waals surface area contributed by atoms with Gasteiger partial charge < -0.3 is 5.32 Å². The van der Waals surface area contributed by atoms with E-state index in [0.717, 1.165) is 10.7 Å². The highest BCUT2D eigenvalue weighted by molar-refractivity contribution is 7.09. The number of carbonyl (C=O) groups is 1. The molecule has 0 aliphatic carbocycles. The number of hydrogen-bond donors (Lipinski definition) is 1. The van der Waals surface area contributed by atoms with Crippen molar-refractivity contribution >= 4 is 22.9 Å². The van der Waals surface area contributed by atoms with Gasteiger partial charge in [-0.2, -0.15) is 0 Å². The Morgan fingerprint density at radius 1 is 1.38 bits per heavy atom.